The van der Waals surface area contributed by atoms with Crippen LogP contribution in [0.5, 0.6) is 0 Å². The number of aliphatic hydroxyl groups is 6. The average Bonchev–Trinajstić information content (AvgIpc) is 2.80. The van der Waals surface area contributed by atoms with Gasteiger partial charge in [0.15, 0.2) is 0 Å². The Kier molecular flexibility index (Phi) is 24.4. The van der Waals surface area contributed by atoms with E-state index in [1.165, 1.54) is 64.2 Å². The van der Waals surface area contributed by atoms with Crippen molar-refractivity contribution in [2.45, 2.75) is 128 Å². The van der Waals surface area contributed by atoms with Crippen LogP contribution in [0.15, 0.2) is 0 Å². The van der Waals surface area contributed by atoms with Gasteiger partial charge in [-0.3, -0.25) is 4.79 Å². The molecule has 0 aromatic carbocycles. The third kappa shape index (κ3) is 18.8. The van der Waals surface area contributed by atoms with Crippen LogP contribution in [0.1, 0.15) is 104 Å². The molecule has 0 heterocycles. The highest BCUT2D eigenvalue weighted by Crippen LogP contribution is 2.19. The largest absolute Gasteiger partial charge is 0.481 e. The van der Waals surface area contributed by atoms with Gasteiger partial charge >= 0.3 is 5.97 Å². The maximum atomic E-state index is 11.2. The number of aliphatic carboxylic acids is 1. The quantitative estimate of drug-likeness (QED) is 0.135. The second-order valence-electron chi connectivity index (χ2n) is 8.63. The van der Waals surface area contributed by atoms with Crippen LogP contribution in [-0.2, 0) is 4.79 Å². The highest BCUT2D eigenvalue weighted by atomic mass is 16.4. The third-order valence-corrected chi connectivity index (χ3v) is 5.67. The van der Waals surface area contributed by atoms with Crippen LogP contribution in [0, 0.1) is 5.92 Å². The molecule has 7 N–H and O–H groups in total. The number of carboxylic acid groups (broad SMARTS) is 1. The fraction of sp³-hybridized carbons (Fsp3) is 0.958. The van der Waals surface area contributed by atoms with Crippen molar-refractivity contribution < 1.29 is 40.5 Å². The minimum Gasteiger partial charge on any atom is -0.481 e. The van der Waals surface area contributed by atoms with Gasteiger partial charge < -0.3 is 35.7 Å². The van der Waals surface area contributed by atoms with Gasteiger partial charge in [-0.1, -0.05) is 90.9 Å². The zero-order valence-corrected chi connectivity index (χ0v) is 20.2. The number of hydrogen-bond acceptors (Lipinski definition) is 7. The highest BCUT2D eigenvalue weighted by molar-refractivity contribution is 5.69. The molecule has 0 bridgehead atoms. The lowest BCUT2D eigenvalue weighted by Gasteiger charge is -2.24. The van der Waals surface area contributed by atoms with Gasteiger partial charge in [0, 0.05) is 0 Å². The Morgan fingerprint density at radius 2 is 0.906 bits per heavy atom. The molecule has 0 radical (unpaired) electrons. The molecule has 32 heavy (non-hydrogen) atoms. The van der Waals surface area contributed by atoms with Crippen LogP contribution in [0.3, 0.4) is 0 Å². The predicted molar refractivity (Wildman–Crippen MR) is 125 cm³/mol. The van der Waals surface area contributed by atoms with Crippen molar-refractivity contribution in [1.82, 2.24) is 0 Å². The first-order valence-corrected chi connectivity index (χ1v) is 12.4. The normalized spacial score (nSPS) is 15.9. The minimum absolute atomic E-state index is 0.0905. The van der Waals surface area contributed by atoms with Crippen molar-refractivity contribution >= 4 is 5.97 Å². The Balaban J connectivity index is 0. The van der Waals surface area contributed by atoms with E-state index in [0.717, 1.165) is 25.7 Å². The van der Waals surface area contributed by atoms with E-state index in [1.54, 1.807) is 0 Å². The summed E-state index contributed by atoms with van der Waals surface area (Å²) in [6.07, 6.45) is 10.4. The molecule has 5 atom stereocenters. The zero-order valence-electron chi connectivity index (χ0n) is 20.2. The first-order valence-electron chi connectivity index (χ1n) is 12.4. The Hall–Kier alpha value is -0.770. The molecule has 0 spiro atoms. The molecule has 0 aromatic rings. The van der Waals surface area contributed by atoms with E-state index in [9.17, 15) is 9.90 Å². The molecule has 0 aliphatic rings. The first kappa shape index (κ1) is 33.4. The van der Waals surface area contributed by atoms with Gasteiger partial charge in [0.05, 0.1) is 19.1 Å². The van der Waals surface area contributed by atoms with E-state index in [4.69, 9.17) is 30.6 Å². The summed E-state index contributed by atoms with van der Waals surface area (Å²) in [4.78, 5) is 11.2. The van der Waals surface area contributed by atoms with E-state index < -0.39 is 43.6 Å². The summed E-state index contributed by atoms with van der Waals surface area (Å²) in [5.41, 5.74) is 0. The van der Waals surface area contributed by atoms with Crippen LogP contribution < -0.4 is 0 Å². The summed E-state index contributed by atoms with van der Waals surface area (Å²) in [7, 11) is 0. The summed E-state index contributed by atoms with van der Waals surface area (Å²) in [5, 5.41) is 61.4. The maximum absolute atomic E-state index is 11.2. The molecule has 0 rings (SSSR count). The standard InChI is InChI=1S/C18H36O2.C6H14O6/c1-3-5-7-9-10-12-14-16-17(18(19)20)15-13-11-8-6-4-2;7-1-3(9)5(11)6(12)4(10)2-8/h17H,3-16H2,1-2H3,(H,19,20);3-12H,1-2H2/t;3-,4+,5-,6-/m.1/s1. The molecule has 8 nitrogen and oxygen atoms in total. The van der Waals surface area contributed by atoms with Gasteiger partial charge in [0.25, 0.3) is 0 Å². The molecular weight excluding hydrogens is 416 g/mol. The van der Waals surface area contributed by atoms with Crippen LogP contribution in [0.4, 0.5) is 0 Å². The summed E-state index contributed by atoms with van der Waals surface area (Å²) in [5.74, 6) is -0.668. The van der Waals surface area contributed by atoms with Crippen molar-refractivity contribution in [2.24, 2.45) is 5.92 Å². The molecule has 0 aliphatic heterocycles. The molecule has 8 heteroatoms. The average molecular weight is 467 g/mol. The number of aliphatic hydroxyl groups excluding tert-OH is 6. The van der Waals surface area contributed by atoms with E-state index in [1.807, 2.05) is 0 Å². The summed E-state index contributed by atoms with van der Waals surface area (Å²) >= 11 is 0. The fourth-order valence-corrected chi connectivity index (χ4v) is 3.40. The number of carbonyl (C=O) groups is 1. The number of unbranched alkanes of at least 4 members (excludes halogenated alkanes) is 10. The van der Waals surface area contributed by atoms with Crippen LogP contribution in [-0.4, -0.2) is 79.3 Å². The zero-order chi connectivity index (χ0) is 24.8. The Morgan fingerprint density at radius 1 is 0.594 bits per heavy atom. The van der Waals surface area contributed by atoms with E-state index in [-0.39, 0.29) is 5.92 Å². The minimum atomic E-state index is -1.67. The van der Waals surface area contributed by atoms with Gasteiger partial charge in [0.1, 0.15) is 24.4 Å². The smallest absolute Gasteiger partial charge is 0.306 e. The van der Waals surface area contributed by atoms with Gasteiger partial charge in [-0.2, -0.15) is 0 Å². The topological polar surface area (TPSA) is 159 Å². The number of carboxylic acids is 1. The Labute approximate surface area is 194 Å². The molecule has 0 aromatic heterocycles. The van der Waals surface area contributed by atoms with Crippen molar-refractivity contribution in [2.75, 3.05) is 13.2 Å². The van der Waals surface area contributed by atoms with Crippen LogP contribution in [0.25, 0.3) is 0 Å². The molecule has 194 valence electrons. The lowest BCUT2D eigenvalue weighted by atomic mass is 9.94. The van der Waals surface area contributed by atoms with Crippen molar-refractivity contribution in [3.63, 3.8) is 0 Å². The molecule has 0 fully saturated rings. The number of hydrogen-bond donors (Lipinski definition) is 7. The number of rotatable bonds is 20. The van der Waals surface area contributed by atoms with Crippen LogP contribution >= 0.6 is 0 Å². The van der Waals surface area contributed by atoms with E-state index in [0.29, 0.717) is 0 Å². The molecule has 0 saturated heterocycles. The second kappa shape index (κ2) is 23.4. The lowest BCUT2D eigenvalue weighted by Crippen LogP contribution is -2.46. The molecule has 1 unspecified atom stereocenters. The van der Waals surface area contributed by atoms with E-state index >= 15 is 0 Å². The molecular formula is C24H50O8. The van der Waals surface area contributed by atoms with Gasteiger partial charge in [-0.25, -0.2) is 0 Å². The van der Waals surface area contributed by atoms with Crippen molar-refractivity contribution in [3.05, 3.63) is 0 Å². The Morgan fingerprint density at radius 3 is 1.19 bits per heavy atom. The van der Waals surface area contributed by atoms with E-state index in [2.05, 4.69) is 13.8 Å². The van der Waals surface area contributed by atoms with Gasteiger partial charge in [-0.05, 0) is 12.8 Å². The fourth-order valence-electron chi connectivity index (χ4n) is 3.40. The maximum Gasteiger partial charge on any atom is 0.306 e. The molecule has 0 aliphatic carbocycles. The molecule has 0 amide bonds. The Bertz CT molecular complexity index is 393. The summed E-state index contributed by atoms with van der Waals surface area (Å²) in [6.45, 7) is 2.99. The monoisotopic (exact) mass is 466 g/mol. The molecule has 0 saturated carbocycles. The van der Waals surface area contributed by atoms with Crippen molar-refractivity contribution in [3.8, 4) is 0 Å². The summed E-state index contributed by atoms with van der Waals surface area (Å²) < 4.78 is 0. The first-order chi connectivity index (χ1) is 15.3. The van der Waals surface area contributed by atoms with Crippen molar-refractivity contribution in [1.29, 1.82) is 0 Å². The van der Waals surface area contributed by atoms with Crippen LogP contribution in [0.2, 0.25) is 0 Å². The third-order valence-electron chi connectivity index (χ3n) is 5.67. The van der Waals surface area contributed by atoms with Gasteiger partial charge in [-0.15, -0.1) is 0 Å². The predicted octanol–water partition coefficient (Wildman–Crippen LogP) is 2.60. The second-order valence-corrected chi connectivity index (χ2v) is 8.63. The highest BCUT2D eigenvalue weighted by Gasteiger charge is 2.29. The SMILES string of the molecule is CCCCCCCCCC(CCCCCCC)C(=O)O.OC[C@@H](O)[C@@H](O)[C@H](O)[C@@H](O)CO. The lowest BCUT2D eigenvalue weighted by molar-refractivity contribution is -0.142. The van der Waals surface area contributed by atoms with Gasteiger partial charge in [0.2, 0.25) is 0 Å². The summed E-state index contributed by atoms with van der Waals surface area (Å²) in [6, 6.07) is 0.